The van der Waals surface area contributed by atoms with Crippen LogP contribution in [0.25, 0.3) is 0 Å². The van der Waals surface area contributed by atoms with Gasteiger partial charge in [-0.1, -0.05) is 19.1 Å². The summed E-state index contributed by atoms with van der Waals surface area (Å²) >= 11 is 0. The van der Waals surface area contributed by atoms with Crippen molar-refractivity contribution in [2.75, 3.05) is 74.1 Å². The number of hydrogen-bond donors (Lipinski definition) is 1. The summed E-state index contributed by atoms with van der Waals surface area (Å²) in [6, 6.07) is 14.5. The summed E-state index contributed by atoms with van der Waals surface area (Å²) in [5.74, 6) is 3.75. The van der Waals surface area contributed by atoms with Crippen molar-refractivity contribution >= 4 is 0 Å². The molecule has 250 valence electrons. The van der Waals surface area contributed by atoms with Gasteiger partial charge in [-0.25, -0.2) is 0 Å². The molecule has 6 heteroatoms. The van der Waals surface area contributed by atoms with Crippen LogP contribution < -0.4 is 14.8 Å². The normalized spacial score (nSPS) is 23.2. The zero-order valence-electron chi connectivity index (χ0n) is 29.2. The number of aryl methyl sites for hydroxylation is 2. The number of fused-ring (bicyclic) bond motifs is 2. The predicted octanol–water partition coefficient (Wildman–Crippen LogP) is 6.09. The molecule has 0 saturated carbocycles. The number of nitrogens with one attached hydrogen (secondary N) is 1. The molecule has 2 aliphatic carbocycles. The summed E-state index contributed by atoms with van der Waals surface area (Å²) in [6.45, 7) is 11.1. The van der Waals surface area contributed by atoms with Gasteiger partial charge in [0, 0.05) is 18.6 Å². The third kappa shape index (κ3) is 9.93. The molecule has 6 rings (SSSR count). The molecule has 2 heterocycles. The Morgan fingerprint density at radius 3 is 1.84 bits per heavy atom. The monoisotopic (exact) mass is 618 g/mol. The second kappa shape index (κ2) is 17.2. The molecule has 0 radical (unpaired) electrons. The maximum Gasteiger partial charge on any atom is 0.119 e. The van der Waals surface area contributed by atoms with Crippen molar-refractivity contribution in [1.29, 1.82) is 0 Å². The van der Waals surface area contributed by atoms with Gasteiger partial charge in [-0.05, 0) is 182 Å². The van der Waals surface area contributed by atoms with Gasteiger partial charge in [0.25, 0.3) is 0 Å². The van der Waals surface area contributed by atoms with E-state index >= 15 is 0 Å². The number of nitrogens with zero attached hydrogens (tertiary/aromatic N) is 3. The first kappa shape index (κ1) is 34.2. The smallest absolute Gasteiger partial charge is 0.119 e. The van der Waals surface area contributed by atoms with Gasteiger partial charge in [-0.3, -0.25) is 4.90 Å². The molecular weight excluding hydrogens is 556 g/mol. The van der Waals surface area contributed by atoms with Crippen molar-refractivity contribution in [1.82, 2.24) is 20.0 Å². The van der Waals surface area contributed by atoms with Crippen LogP contribution in [-0.4, -0.2) is 101 Å². The van der Waals surface area contributed by atoms with Gasteiger partial charge in [0.2, 0.25) is 0 Å². The second-order valence-corrected chi connectivity index (χ2v) is 14.5. The Hall–Kier alpha value is -2.12. The molecule has 0 spiro atoms. The van der Waals surface area contributed by atoms with Crippen LogP contribution in [0.1, 0.15) is 74.1 Å². The zero-order chi connectivity index (χ0) is 31.6. The average Bonchev–Trinajstić information content (AvgIpc) is 3.08. The molecular formula is C39H62N4O2. The van der Waals surface area contributed by atoms with Crippen molar-refractivity contribution in [2.45, 2.75) is 89.6 Å². The number of piperidine rings is 2. The Morgan fingerprint density at radius 1 is 0.711 bits per heavy atom. The van der Waals surface area contributed by atoms with Crippen LogP contribution in [0.3, 0.4) is 0 Å². The zero-order valence-corrected chi connectivity index (χ0v) is 29.2. The molecule has 0 amide bonds. The standard InChI is InChI=1S/C21H34N2O.C18H28N2O/c1-4-11-23(16-17-9-12-22(2)13-10-17)20-7-5-18-6-8-21(24-3)15-19(18)14-20;1-20-9-7-14(8-10-20)13-19-17-5-3-15-4-6-18(21-2)12-16(15)11-17/h6,8,15,17,20H,4-5,7,9-14,16H2,1-3H3;4,6,12,14,17,19H,3,5,7-11,13H2,1-2H3. The number of rotatable bonds is 10. The number of ether oxygens (including phenoxy) is 2. The van der Waals surface area contributed by atoms with E-state index in [1.807, 2.05) is 0 Å². The fourth-order valence-electron chi connectivity index (χ4n) is 8.07. The molecule has 0 bridgehead atoms. The van der Waals surface area contributed by atoms with Gasteiger partial charge in [-0.2, -0.15) is 0 Å². The Labute approximate surface area is 274 Å². The Bertz CT molecular complexity index is 1170. The average molecular weight is 619 g/mol. The number of methoxy groups -OCH3 is 2. The maximum absolute atomic E-state index is 5.44. The van der Waals surface area contributed by atoms with E-state index in [-0.39, 0.29) is 0 Å². The van der Waals surface area contributed by atoms with Gasteiger partial charge in [0.1, 0.15) is 11.5 Å². The van der Waals surface area contributed by atoms with Crippen molar-refractivity contribution in [3.05, 3.63) is 58.7 Å². The molecule has 2 aromatic rings. The summed E-state index contributed by atoms with van der Waals surface area (Å²) in [7, 11) is 8.01. The number of likely N-dealkylation sites (tertiary alicyclic amines) is 2. The highest BCUT2D eigenvalue weighted by molar-refractivity contribution is 5.39. The van der Waals surface area contributed by atoms with E-state index in [1.165, 1.54) is 132 Å². The maximum atomic E-state index is 5.44. The van der Waals surface area contributed by atoms with Crippen LogP contribution in [0.15, 0.2) is 36.4 Å². The van der Waals surface area contributed by atoms with Crippen LogP contribution in [0.2, 0.25) is 0 Å². The van der Waals surface area contributed by atoms with E-state index in [4.69, 9.17) is 9.47 Å². The Kier molecular flexibility index (Phi) is 13.0. The van der Waals surface area contributed by atoms with Gasteiger partial charge in [0.05, 0.1) is 14.2 Å². The molecule has 2 aliphatic heterocycles. The third-order valence-electron chi connectivity index (χ3n) is 11.1. The first-order valence-corrected chi connectivity index (χ1v) is 18.1. The van der Waals surface area contributed by atoms with E-state index in [2.05, 4.69) is 77.4 Å². The van der Waals surface area contributed by atoms with Crippen molar-refractivity contribution < 1.29 is 9.47 Å². The van der Waals surface area contributed by atoms with Crippen LogP contribution in [0, 0.1) is 11.8 Å². The summed E-state index contributed by atoms with van der Waals surface area (Å²) in [5.41, 5.74) is 6.02. The molecule has 6 nitrogen and oxygen atoms in total. The molecule has 2 fully saturated rings. The molecule has 45 heavy (non-hydrogen) atoms. The Balaban J connectivity index is 0.000000179. The lowest BCUT2D eigenvalue weighted by atomic mass is 9.86. The third-order valence-corrected chi connectivity index (χ3v) is 11.1. The fraction of sp³-hybridized carbons (Fsp3) is 0.692. The van der Waals surface area contributed by atoms with Crippen molar-refractivity contribution in [2.24, 2.45) is 11.8 Å². The summed E-state index contributed by atoms with van der Waals surface area (Å²) < 4.78 is 10.8. The Morgan fingerprint density at radius 2 is 1.27 bits per heavy atom. The quantitative estimate of drug-likeness (QED) is 0.348. The minimum absolute atomic E-state index is 0.643. The van der Waals surface area contributed by atoms with Crippen LogP contribution in [0.5, 0.6) is 11.5 Å². The molecule has 2 atom stereocenters. The second-order valence-electron chi connectivity index (χ2n) is 14.5. The molecule has 0 aromatic heterocycles. The predicted molar refractivity (Wildman–Crippen MR) is 188 cm³/mol. The summed E-state index contributed by atoms with van der Waals surface area (Å²) in [4.78, 5) is 7.72. The molecule has 2 aromatic carbocycles. The molecule has 1 N–H and O–H groups in total. The van der Waals surface area contributed by atoms with Crippen molar-refractivity contribution in [3.8, 4) is 11.5 Å². The van der Waals surface area contributed by atoms with E-state index in [0.717, 1.165) is 29.8 Å². The number of benzene rings is 2. The van der Waals surface area contributed by atoms with Gasteiger partial charge in [0.15, 0.2) is 0 Å². The molecule has 2 unspecified atom stereocenters. The minimum Gasteiger partial charge on any atom is -0.497 e. The molecule has 2 saturated heterocycles. The summed E-state index contributed by atoms with van der Waals surface area (Å²) in [5, 5.41) is 3.83. The van der Waals surface area contributed by atoms with Crippen molar-refractivity contribution in [3.63, 3.8) is 0 Å². The first-order valence-electron chi connectivity index (χ1n) is 18.1. The van der Waals surface area contributed by atoms with Gasteiger partial charge < -0.3 is 24.6 Å². The molecule has 4 aliphatic rings. The largest absolute Gasteiger partial charge is 0.497 e. The topological polar surface area (TPSA) is 40.2 Å². The highest BCUT2D eigenvalue weighted by Crippen LogP contribution is 2.30. The number of hydrogen-bond acceptors (Lipinski definition) is 6. The lowest BCUT2D eigenvalue weighted by Gasteiger charge is -2.39. The lowest BCUT2D eigenvalue weighted by molar-refractivity contribution is 0.119. The SMILES string of the molecule is CCCN(CC1CCN(C)CC1)C1CCc2ccc(OC)cc2C1.COc1ccc2c(c1)CC(NCC1CCN(C)CC1)CC2. The van der Waals surface area contributed by atoms with Crippen LogP contribution in [0.4, 0.5) is 0 Å². The van der Waals surface area contributed by atoms with E-state index in [9.17, 15) is 0 Å². The van der Waals surface area contributed by atoms with Crippen LogP contribution >= 0.6 is 0 Å². The highest BCUT2D eigenvalue weighted by Gasteiger charge is 2.27. The van der Waals surface area contributed by atoms with Crippen LogP contribution in [-0.2, 0) is 25.7 Å². The first-order chi connectivity index (χ1) is 21.9. The fourth-order valence-corrected chi connectivity index (χ4v) is 8.07. The van der Waals surface area contributed by atoms with E-state index in [1.54, 1.807) is 14.2 Å². The van der Waals surface area contributed by atoms with Gasteiger partial charge in [-0.15, -0.1) is 0 Å². The van der Waals surface area contributed by atoms with Gasteiger partial charge >= 0.3 is 0 Å². The lowest BCUT2D eigenvalue weighted by Crippen LogP contribution is -2.44. The summed E-state index contributed by atoms with van der Waals surface area (Å²) in [6.07, 6.45) is 14.0. The minimum atomic E-state index is 0.643. The highest BCUT2D eigenvalue weighted by atomic mass is 16.5. The van der Waals surface area contributed by atoms with E-state index in [0.29, 0.717) is 12.1 Å². The van der Waals surface area contributed by atoms with E-state index < -0.39 is 0 Å².